The lowest BCUT2D eigenvalue weighted by atomic mass is 10.0. The number of likely N-dealkylation sites (N-methyl/N-ethyl adjacent to an activating group) is 1. The summed E-state index contributed by atoms with van der Waals surface area (Å²) in [6.07, 6.45) is -0.0117. The van der Waals surface area contributed by atoms with Crippen LogP contribution in [-0.2, 0) is 0 Å². The van der Waals surface area contributed by atoms with Gasteiger partial charge in [-0.3, -0.25) is 0 Å². The van der Waals surface area contributed by atoms with E-state index < -0.39 is 0 Å². The van der Waals surface area contributed by atoms with E-state index in [1.807, 2.05) is 31.2 Å². The van der Waals surface area contributed by atoms with Crippen LogP contribution in [0.5, 0.6) is 11.5 Å². The van der Waals surface area contributed by atoms with Gasteiger partial charge in [-0.2, -0.15) is 0 Å². The molecule has 1 aromatic carbocycles. The van der Waals surface area contributed by atoms with Gasteiger partial charge in [0.15, 0.2) is 17.6 Å². The standard InChI is InChI=1S/C14H19NO2/c1-4-15-14(10(2)3)13-9-16-11-7-5-6-8-12(11)17-13/h5-8,13-15H,2,4,9H2,1,3H3. The number of para-hydroxylation sites is 2. The molecule has 0 aliphatic carbocycles. The summed E-state index contributed by atoms with van der Waals surface area (Å²) in [5.74, 6) is 1.63. The molecule has 0 fully saturated rings. The molecular formula is C14H19NO2. The van der Waals surface area contributed by atoms with Crippen molar-refractivity contribution in [1.82, 2.24) is 5.32 Å². The molecule has 2 rings (SSSR count). The minimum absolute atomic E-state index is 0.0117. The Balaban J connectivity index is 2.13. The molecular weight excluding hydrogens is 214 g/mol. The molecule has 1 aromatic rings. The maximum absolute atomic E-state index is 5.96. The van der Waals surface area contributed by atoms with Gasteiger partial charge in [-0.05, 0) is 25.6 Å². The zero-order valence-electron chi connectivity index (χ0n) is 10.4. The highest BCUT2D eigenvalue weighted by Gasteiger charge is 2.28. The van der Waals surface area contributed by atoms with Gasteiger partial charge >= 0.3 is 0 Å². The van der Waals surface area contributed by atoms with Gasteiger partial charge in [0.25, 0.3) is 0 Å². The first-order valence-electron chi connectivity index (χ1n) is 5.99. The smallest absolute Gasteiger partial charge is 0.161 e. The predicted octanol–water partition coefficient (Wildman–Crippen LogP) is 2.38. The number of benzene rings is 1. The van der Waals surface area contributed by atoms with E-state index in [1.165, 1.54) is 0 Å². The van der Waals surface area contributed by atoms with Crippen molar-refractivity contribution in [3.05, 3.63) is 36.4 Å². The average molecular weight is 233 g/mol. The van der Waals surface area contributed by atoms with E-state index >= 15 is 0 Å². The van der Waals surface area contributed by atoms with Gasteiger partial charge in [0.2, 0.25) is 0 Å². The normalized spacial score (nSPS) is 19.8. The van der Waals surface area contributed by atoms with Crippen LogP contribution in [0.15, 0.2) is 36.4 Å². The molecule has 92 valence electrons. The maximum atomic E-state index is 5.96. The van der Waals surface area contributed by atoms with Gasteiger partial charge in [-0.15, -0.1) is 0 Å². The molecule has 1 N–H and O–H groups in total. The van der Waals surface area contributed by atoms with Crippen LogP contribution in [0.3, 0.4) is 0 Å². The van der Waals surface area contributed by atoms with Crippen LogP contribution >= 0.6 is 0 Å². The Morgan fingerprint density at radius 3 is 2.82 bits per heavy atom. The molecule has 3 nitrogen and oxygen atoms in total. The van der Waals surface area contributed by atoms with Crippen molar-refractivity contribution in [1.29, 1.82) is 0 Å². The number of hydrogen-bond donors (Lipinski definition) is 1. The molecule has 1 heterocycles. The highest BCUT2D eigenvalue weighted by molar-refractivity contribution is 5.41. The van der Waals surface area contributed by atoms with Gasteiger partial charge < -0.3 is 14.8 Å². The van der Waals surface area contributed by atoms with Crippen molar-refractivity contribution < 1.29 is 9.47 Å². The second-order valence-corrected chi connectivity index (χ2v) is 4.30. The minimum Gasteiger partial charge on any atom is -0.486 e. The lowest BCUT2D eigenvalue weighted by Crippen LogP contribution is -2.48. The molecule has 0 saturated heterocycles. The summed E-state index contributed by atoms with van der Waals surface area (Å²) in [5, 5.41) is 3.38. The first-order chi connectivity index (χ1) is 8.22. The molecule has 0 aromatic heterocycles. The maximum Gasteiger partial charge on any atom is 0.161 e. The van der Waals surface area contributed by atoms with E-state index in [4.69, 9.17) is 9.47 Å². The van der Waals surface area contributed by atoms with Gasteiger partial charge in [0, 0.05) is 0 Å². The Labute approximate surface area is 102 Å². The van der Waals surface area contributed by atoms with E-state index in [0.29, 0.717) is 6.61 Å². The van der Waals surface area contributed by atoms with Gasteiger partial charge in [0.05, 0.1) is 6.04 Å². The van der Waals surface area contributed by atoms with Gasteiger partial charge in [-0.25, -0.2) is 0 Å². The second kappa shape index (κ2) is 5.23. The Morgan fingerprint density at radius 2 is 2.18 bits per heavy atom. The van der Waals surface area contributed by atoms with Crippen LogP contribution in [0.1, 0.15) is 13.8 Å². The highest BCUT2D eigenvalue weighted by Crippen LogP contribution is 2.32. The van der Waals surface area contributed by atoms with Crippen molar-refractivity contribution in [2.45, 2.75) is 26.0 Å². The molecule has 2 unspecified atom stereocenters. The Morgan fingerprint density at radius 1 is 1.47 bits per heavy atom. The third-order valence-electron chi connectivity index (χ3n) is 2.86. The van der Waals surface area contributed by atoms with Crippen LogP contribution < -0.4 is 14.8 Å². The summed E-state index contributed by atoms with van der Waals surface area (Å²) in [6, 6.07) is 7.89. The Bertz CT molecular complexity index is 403. The summed E-state index contributed by atoms with van der Waals surface area (Å²) in [7, 11) is 0. The summed E-state index contributed by atoms with van der Waals surface area (Å²) in [4.78, 5) is 0. The van der Waals surface area contributed by atoms with Crippen molar-refractivity contribution in [2.75, 3.05) is 13.2 Å². The average Bonchev–Trinajstić information content (AvgIpc) is 2.35. The first kappa shape index (κ1) is 12.0. The van der Waals surface area contributed by atoms with Crippen molar-refractivity contribution in [2.24, 2.45) is 0 Å². The molecule has 0 amide bonds. The molecule has 0 bridgehead atoms. The van der Waals surface area contributed by atoms with Crippen molar-refractivity contribution in [3.8, 4) is 11.5 Å². The number of rotatable bonds is 4. The SMILES string of the molecule is C=C(C)C(NCC)C1COc2ccccc2O1. The number of fused-ring (bicyclic) bond motifs is 1. The van der Waals surface area contributed by atoms with Gasteiger partial charge in [-0.1, -0.05) is 31.2 Å². The van der Waals surface area contributed by atoms with E-state index in [2.05, 4.69) is 18.8 Å². The van der Waals surface area contributed by atoms with Crippen LogP contribution in [0.4, 0.5) is 0 Å². The van der Waals surface area contributed by atoms with Crippen molar-refractivity contribution >= 4 is 0 Å². The summed E-state index contributed by atoms with van der Waals surface area (Å²) in [5.41, 5.74) is 1.07. The molecule has 0 radical (unpaired) electrons. The van der Waals surface area contributed by atoms with Crippen LogP contribution in [0, 0.1) is 0 Å². The quantitative estimate of drug-likeness (QED) is 0.810. The summed E-state index contributed by atoms with van der Waals surface area (Å²) in [6.45, 7) is 9.54. The lowest BCUT2D eigenvalue weighted by Gasteiger charge is -2.32. The van der Waals surface area contributed by atoms with E-state index in [9.17, 15) is 0 Å². The highest BCUT2D eigenvalue weighted by atomic mass is 16.6. The Hall–Kier alpha value is -1.48. The molecule has 1 aliphatic heterocycles. The number of nitrogens with one attached hydrogen (secondary N) is 1. The molecule has 17 heavy (non-hydrogen) atoms. The number of hydrogen-bond acceptors (Lipinski definition) is 3. The molecule has 1 aliphatic rings. The summed E-state index contributed by atoms with van der Waals surface area (Å²) >= 11 is 0. The topological polar surface area (TPSA) is 30.5 Å². The first-order valence-corrected chi connectivity index (χ1v) is 5.99. The van der Waals surface area contributed by atoms with Crippen LogP contribution in [-0.4, -0.2) is 25.3 Å². The van der Waals surface area contributed by atoms with Crippen molar-refractivity contribution in [3.63, 3.8) is 0 Å². The minimum atomic E-state index is -0.0117. The summed E-state index contributed by atoms with van der Waals surface area (Å²) < 4.78 is 11.7. The molecule has 2 atom stereocenters. The molecule has 3 heteroatoms. The predicted molar refractivity (Wildman–Crippen MR) is 68.6 cm³/mol. The van der Waals surface area contributed by atoms with Gasteiger partial charge in [0.1, 0.15) is 6.61 Å². The fraction of sp³-hybridized carbons (Fsp3) is 0.429. The molecule has 0 spiro atoms. The molecule has 0 saturated carbocycles. The largest absolute Gasteiger partial charge is 0.486 e. The van der Waals surface area contributed by atoms with E-state index in [1.54, 1.807) is 0 Å². The third kappa shape index (κ3) is 2.61. The lowest BCUT2D eigenvalue weighted by molar-refractivity contribution is 0.0715. The fourth-order valence-electron chi connectivity index (χ4n) is 2.04. The van der Waals surface area contributed by atoms with Crippen LogP contribution in [0.2, 0.25) is 0 Å². The zero-order chi connectivity index (χ0) is 12.3. The monoisotopic (exact) mass is 233 g/mol. The van der Waals surface area contributed by atoms with E-state index in [0.717, 1.165) is 23.6 Å². The zero-order valence-corrected chi connectivity index (χ0v) is 10.4. The van der Waals surface area contributed by atoms with E-state index in [-0.39, 0.29) is 12.1 Å². The van der Waals surface area contributed by atoms with Crippen LogP contribution in [0.25, 0.3) is 0 Å². The second-order valence-electron chi connectivity index (χ2n) is 4.30. The fourth-order valence-corrected chi connectivity index (χ4v) is 2.04. The third-order valence-corrected chi connectivity index (χ3v) is 2.86. The Kier molecular flexibility index (Phi) is 3.69. The number of ether oxygens (including phenoxy) is 2.